The molecule has 1 nitrogen and oxygen atoms in total. The summed E-state index contributed by atoms with van der Waals surface area (Å²) >= 11 is 0. The smallest absolute Gasteiger partial charge is 0.0331 e. The minimum atomic E-state index is 0.977. The first-order chi connectivity index (χ1) is 5.31. The second-order valence-electron chi connectivity index (χ2n) is 2.47. The van der Waals surface area contributed by atoms with Gasteiger partial charge in [-0.2, -0.15) is 0 Å². The molecule has 0 aliphatic carbocycles. The first-order valence-corrected chi connectivity index (χ1v) is 4.14. The van der Waals surface area contributed by atoms with Crippen molar-refractivity contribution in [3.05, 3.63) is 24.4 Å². The number of unbranched alkanes of at least 4 members (excludes halogenated alkanes) is 1. The van der Waals surface area contributed by atoms with E-state index >= 15 is 0 Å². The van der Waals surface area contributed by atoms with Gasteiger partial charge >= 0.3 is 0 Å². The second kappa shape index (κ2) is 7.26. The van der Waals surface area contributed by atoms with E-state index in [1.54, 1.807) is 6.21 Å². The van der Waals surface area contributed by atoms with Crippen LogP contribution in [0.4, 0.5) is 0 Å². The predicted octanol–water partition coefficient (Wildman–Crippen LogP) is 3.34. The van der Waals surface area contributed by atoms with Gasteiger partial charge in [0.15, 0.2) is 0 Å². The minimum Gasteiger partial charge on any atom is -0.262 e. The maximum atomic E-state index is 4.15. The van der Waals surface area contributed by atoms with Crippen molar-refractivity contribution in [1.82, 2.24) is 0 Å². The number of hydrogen-bond acceptors (Lipinski definition) is 1. The summed E-state index contributed by atoms with van der Waals surface area (Å²) in [6, 6.07) is 0. The molecule has 0 heterocycles. The van der Waals surface area contributed by atoms with Gasteiger partial charge < -0.3 is 0 Å². The third kappa shape index (κ3) is 7.04. The first kappa shape index (κ1) is 10.2. The molecule has 0 aliphatic heterocycles. The fourth-order valence-electron chi connectivity index (χ4n) is 0.680. The normalized spacial score (nSPS) is 11.5. The van der Waals surface area contributed by atoms with Gasteiger partial charge in [0.1, 0.15) is 0 Å². The molecular formula is C10H17N. The molecule has 0 amide bonds. The molecule has 0 saturated heterocycles. The molecule has 0 unspecified atom stereocenters. The van der Waals surface area contributed by atoms with Crippen LogP contribution in [0.1, 0.15) is 33.1 Å². The van der Waals surface area contributed by atoms with Crippen molar-refractivity contribution < 1.29 is 0 Å². The summed E-state index contributed by atoms with van der Waals surface area (Å²) < 4.78 is 0. The van der Waals surface area contributed by atoms with Crippen molar-refractivity contribution in [2.24, 2.45) is 4.99 Å². The zero-order chi connectivity index (χ0) is 8.53. The summed E-state index contributed by atoms with van der Waals surface area (Å²) in [5.41, 5.74) is 0.977. The van der Waals surface area contributed by atoms with E-state index in [9.17, 15) is 0 Å². The van der Waals surface area contributed by atoms with Crippen LogP contribution in [0.2, 0.25) is 0 Å². The predicted molar refractivity (Wildman–Crippen MR) is 52.0 cm³/mol. The summed E-state index contributed by atoms with van der Waals surface area (Å²) in [6.45, 7) is 7.97. The van der Waals surface area contributed by atoms with Crippen LogP contribution >= 0.6 is 0 Å². The fraction of sp³-hybridized carbons (Fsp3) is 0.500. The highest BCUT2D eigenvalue weighted by atomic mass is 14.7. The lowest BCUT2D eigenvalue weighted by Crippen LogP contribution is -1.77. The Balaban J connectivity index is 3.51. The van der Waals surface area contributed by atoms with Gasteiger partial charge in [0.25, 0.3) is 0 Å². The SMILES string of the molecule is C=C(CCCC)N=C/C=C\C. The Bertz CT molecular complexity index is 154. The third-order valence-corrected chi connectivity index (χ3v) is 1.35. The molecule has 0 bridgehead atoms. The average Bonchev–Trinajstić information content (AvgIpc) is 2.01. The van der Waals surface area contributed by atoms with Gasteiger partial charge in [-0.1, -0.05) is 26.0 Å². The summed E-state index contributed by atoms with van der Waals surface area (Å²) in [6.07, 6.45) is 9.07. The van der Waals surface area contributed by atoms with Crippen molar-refractivity contribution in [2.45, 2.75) is 33.1 Å². The lowest BCUT2D eigenvalue weighted by atomic mass is 10.2. The van der Waals surface area contributed by atoms with Gasteiger partial charge in [-0.15, -0.1) is 0 Å². The zero-order valence-corrected chi connectivity index (χ0v) is 7.51. The molecule has 0 saturated carbocycles. The summed E-state index contributed by atoms with van der Waals surface area (Å²) in [4.78, 5) is 4.15. The number of rotatable bonds is 5. The molecule has 0 fully saturated rings. The molecule has 0 aromatic heterocycles. The Kier molecular flexibility index (Phi) is 6.70. The number of hydrogen-bond donors (Lipinski definition) is 0. The fourth-order valence-corrected chi connectivity index (χ4v) is 0.680. The Morgan fingerprint density at radius 2 is 2.27 bits per heavy atom. The Morgan fingerprint density at radius 3 is 2.82 bits per heavy atom. The van der Waals surface area contributed by atoms with Gasteiger partial charge in [0.2, 0.25) is 0 Å². The maximum absolute atomic E-state index is 4.15. The molecule has 0 radical (unpaired) electrons. The van der Waals surface area contributed by atoms with E-state index in [0.717, 1.165) is 12.1 Å². The Hall–Kier alpha value is -0.850. The topological polar surface area (TPSA) is 12.4 Å². The van der Waals surface area contributed by atoms with Crippen LogP contribution in [0.5, 0.6) is 0 Å². The number of allylic oxidation sites excluding steroid dienone is 3. The van der Waals surface area contributed by atoms with Crippen LogP contribution in [0, 0.1) is 0 Å². The van der Waals surface area contributed by atoms with E-state index in [2.05, 4.69) is 18.5 Å². The van der Waals surface area contributed by atoms with E-state index in [4.69, 9.17) is 0 Å². The molecule has 0 atom stereocenters. The van der Waals surface area contributed by atoms with Crippen LogP contribution in [-0.2, 0) is 0 Å². The van der Waals surface area contributed by atoms with Gasteiger partial charge in [-0.05, 0) is 25.8 Å². The van der Waals surface area contributed by atoms with E-state index in [1.807, 2.05) is 19.1 Å². The molecule has 0 N–H and O–H groups in total. The highest BCUT2D eigenvalue weighted by Crippen LogP contribution is 2.04. The van der Waals surface area contributed by atoms with Crippen LogP contribution < -0.4 is 0 Å². The lowest BCUT2D eigenvalue weighted by molar-refractivity contribution is 0.784. The molecular weight excluding hydrogens is 134 g/mol. The van der Waals surface area contributed by atoms with Crippen LogP contribution in [0.3, 0.4) is 0 Å². The van der Waals surface area contributed by atoms with Gasteiger partial charge in [-0.25, -0.2) is 0 Å². The van der Waals surface area contributed by atoms with Crippen LogP contribution in [0.15, 0.2) is 29.4 Å². The molecule has 0 aliphatic rings. The summed E-state index contributed by atoms with van der Waals surface area (Å²) in [7, 11) is 0. The maximum Gasteiger partial charge on any atom is 0.0331 e. The number of nitrogens with zero attached hydrogens (tertiary/aromatic N) is 1. The number of aliphatic imine (C=N–C) groups is 1. The molecule has 1 heteroatoms. The largest absolute Gasteiger partial charge is 0.262 e. The Labute approximate surface area is 69.5 Å². The van der Waals surface area contributed by atoms with Crippen molar-refractivity contribution in [3.63, 3.8) is 0 Å². The molecule has 62 valence electrons. The monoisotopic (exact) mass is 151 g/mol. The summed E-state index contributed by atoms with van der Waals surface area (Å²) in [5, 5.41) is 0. The second-order valence-corrected chi connectivity index (χ2v) is 2.47. The molecule has 0 spiro atoms. The van der Waals surface area contributed by atoms with E-state index in [0.29, 0.717) is 0 Å². The Morgan fingerprint density at radius 1 is 1.55 bits per heavy atom. The van der Waals surface area contributed by atoms with Crippen molar-refractivity contribution >= 4 is 6.21 Å². The van der Waals surface area contributed by atoms with Crippen molar-refractivity contribution in [1.29, 1.82) is 0 Å². The molecule has 0 aromatic rings. The van der Waals surface area contributed by atoms with E-state index in [1.165, 1.54) is 12.8 Å². The van der Waals surface area contributed by atoms with E-state index in [-0.39, 0.29) is 0 Å². The molecule has 0 aromatic carbocycles. The van der Waals surface area contributed by atoms with Gasteiger partial charge in [-0.3, -0.25) is 4.99 Å². The van der Waals surface area contributed by atoms with Crippen LogP contribution in [0.25, 0.3) is 0 Å². The van der Waals surface area contributed by atoms with Gasteiger partial charge in [0, 0.05) is 11.9 Å². The third-order valence-electron chi connectivity index (χ3n) is 1.35. The quantitative estimate of drug-likeness (QED) is 0.534. The van der Waals surface area contributed by atoms with Crippen molar-refractivity contribution in [2.75, 3.05) is 0 Å². The zero-order valence-electron chi connectivity index (χ0n) is 7.51. The molecule has 11 heavy (non-hydrogen) atoms. The molecule has 0 rings (SSSR count). The van der Waals surface area contributed by atoms with Crippen molar-refractivity contribution in [3.8, 4) is 0 Å². The highest BCUT2D eigenvalue weighted by molar-refractivity contribution is 5.71. The average molecular weight is 151 g/mol. The standard InChI is InChI=1S/C10H17N/c1-4-6-8-10(3)11-9-7-5-2/h5,7,9H,3-4,6,8H2,1-2H3/b7-5-,11-9?. The lowest BCUT2D eigenvalue weighted by Gasteiger charge is -1.94. The summed E-state index contributed by atoms with van der Waals surface area (Å²) in [5.74, 6) is 0. The van der Waals surface area contributed by atoms with E-state index < -0.39 is 0 Å². The first-order valence-electron chi connectivity index (χ1n) is 4.14. The van der Waals surface area contributed by atoms with Crippen LogP contribution in [-0.4, -0.2) is 6.21 Å². The van der Waals surface area contributed by atoms with Gasteiger partial charge in [0.05, 0.1) is 0 Å². The highest BCUT2D eigenvalue weighted by Gasteiger charge is 1.86. The minimum absolute atomic E-state index is 0.977.